The van der Waals surface area contributed by atoms with E-state index in [0.29, 0.717) is 11.5 Å². The van der Waals surface area contributed by atoms with Crippen LogP contribution in [0.25, 0.3) is 0 Å². The van der Waals surface area contributed by atoms with Gasteiger partial charge in [0.2, 0.25) is 10.0 Å². The minimum absolute atomic E-state index is 0.126. The lowest BCUT2D eigenvalue weighted by Crippen LogP contribution is -2.31. The number of sulfonamides is 1. The molecule has 2 rings (SSSR count). The minimum atomic E-state index is -3.51. The van der Waals surface area contributed by atoms with Gasteiger partial charge in [-0.1, -0.05) is 52.0 Å². The first-order valence-corrected chi connectivity index (χ1v) is 10.9. The van der Waals surface area contributed by atoms with E-state index in [1.54, 1.807) is 12.1 Å². The van der Waals surface area contributed by atoms with Gasteiger partial charge in [0.05, 0.1) is 10.9 Å². The largest absolute Gasteiger partial charge is 0.345 e. The SMILES string of the molecule is CC(C)c1ccc([C@H](NC(=O)c2ccc(S(=O)(=O)N(C)C)cc2)C(C)C)cc1. The summed E-state index contributed by atoms with van der Waals surface area (Å²) in [5, 5.41) is 3.08. The zero-order chi connectivity index (χ0) is 21.1. The van der Waals surface area contributed by atoms with Crippen LogP contribution in [0.4, 0.5) is 0 Å². The molecule has 1 N–H and O–H groups in total. The van der Waals surface area contributed by atoms with E-state index in [4.69, 9.17) is 0 Å². The van der Waals surface area contributed by atoms with Crippen molar-refractivity contribution in [2.45, 2.75) is 44.6 Å². The Hall–Kier alpha value is -2.18. The third kappa shape index (κ3) is 5.00. The van der Waals surface area contributed by atoms with Gasteiger partial charge in [-0.25, -0.2) is 12.7 Å². The molecule has 152 valence electrons. The van der Waals surface area contributed by atoms with Gasteiger partial charge in [-0.3, -0.25) is 4.79 Å². The molecule has 1 atom stereocenters. The van der Waals surface area contributed by atoms with Crippen molar-refractivity contribution >= 4 is 15.9 Å². The van der Waals surface area contributed by atoms with E-state index >= 15 is 0 Å². The highest BCUT2D eigenvalue weighted by molar-refractivity contribution is 7.89. The Morgan fingerprint density at radius 2 is 1.36 bits per heavy atom. The minimum Gasteiger partial charge on any atom is -0.345 e. The van der Waals surface area contributed by atoms with Crippen molar-refractivity contribution in [3.63, 3.8) is 0 Å². The van der Waals surface area contributed by atoms with Crippen LogP contribution in [0.15, 0.2) is 53.4 Å². The number of rotatable bonds is 7. The molecule has 0 radical (unpaired) electrons. The van der Waals surface area contributed by atoms with Crippen molar-refractivity contribution < 1.29 is 13.2 Å². The second-order valence-electron chi connectivity index (χ2n) is 7.83. The molecule has 0 heterocycles. The molecule has 0 aromatic heterocycles. The highest BCUT2D eigenvalue weighted by Gasteiger charge is 2.21. The Bertz CT molecular complexity index is 900. The molecule has 28 heavy (non-hydrogen) atoms. The molecule has 0 saturated heterocycles. The lowest BCUT2D eigenvalue weighted by molar-refractivity contribution is 0.0925. The molecular formula is C22H30N2O3S. The number of amides is 1. The molecule has 0 aliphatic rings. The maximum Gasteiger partial charge on any atom is 0.251 e. The van der Waals surface area contributed by atoms with Crippen molar-refractivity contribution in [2.24, 2.45) is 5.92 Å². The summed E-state index contributed by atoms with van der Waals surface area (Å²) >= 11 is 0. The first-order valence-electron chi connectivity index (χ1n) is 9.47. The van der Waals surface area contributed by atoms with Gasteiger partial charge in [0, 0.05) is 19.7 Å². The second kappa shape index (κ2) is 8.88. The lowest BCUT2D eigenvalue weighted by atomic mass is 9.93. The Labute approximate surface area is 168 Å². The van der Waals surface area contributed by atoms with Gasteiger partial charge >= 0.3 is 0 Å². The number of benzene rings is 2. The molecule has 0 aliphatic carbocycles. The van der Waals surface area contributed by atoms with E-state index in [1.807, 2.05) is 0 Å². The molecule has 6 heteroatoms. The molecule has 2 aromatic carbocycles. The van der Waals surface area contributed by atoms with Crippen molar-refractivity contribution in [3.05, 3.63) is 65.2 Å². The van der Waals surface area contributed by atoms with Gasteiger partial charge < -0.3 is 5.32 Å². The predicted molar refractivity (Wildman–Crippen MR) is 113 cm³/mol. The summed E-state index contributed by atoms with van der Waals surface area (Å²) in [6.07, 6.45) is 0. The topological polar surface area (TPSA) is 66.5 Å². The van der Waals surface area contributed by atoms with Crippen molar-refractivity contribution in [2.75, 3.05) is 14.1 Å². The van der Waals surface area contributed by atoms with Crippen molar-refractivity contribution in [1.82, 2.24) is 9.62 Å². The monoisotopic (exact) mass is 402 g/mol. The molecule has 2 aromatic rings. The number of carbonyl (C=O) groups is 1. The van der Waals surface area contributed by atoms with E-state index < -0.39 is 10.0 Å². The zero-order valence-electron chi connectivity index (χ0n) is 17.4. The smallest absolute Gasteiger partial charge is 0.251 e. The molecule has 0 fully saturated rings. The molecule has 0 unspecified atom stereocenters. The summed E-state index contributed by atoms with van der Waals surface area (Å²) in [5.41, 5.74) is 2.75. The molecule has 0 bridgehead atoms. The highest BCUT2D eigenvalue weighted by Crippen LogP contribution is 2.25. The number of nitrogens with zero attached hydrogens (tertiary/aromatic N) is 1. The third-order valence-electron chi connectivity index (χ3n) is 4.81. The average Bonchev–Trinajstić information content (AvgIpc) is 2.65. The van der Waals surface area contributed by atoms with Crippen LogP contribution in [0, 0.1) is 5.92 Å². The van der Waals surface area contributed by atoms with Crippen molar-refractivity contribution in [1.29, 1.82) is 0 Å². The molecule has 0 spiro atoms. The van der Waals surface area contributed by atoms with Crippen LogP contribution in [-0.4, -0.2) is 32.7 Å². The van der Waals surface area contributed by atoms with Gasteiger partial charge in [-0.05, 0) is 47.2 Å². The first kappa shape index (κ1) is 22.1. The zero-order valence-corrected chi connectivity index (χ0v) is 18.2. The van der Waals surface area contributed by atoms with Gasteiger partial charge in [-0.15, -0.1) is 0 Å². The fraction of sp³-hybridized carbons (Fsp3) is 0.409. The first-order chi connectivity index (χ1) is 13.0. The average molecular weight is 403 g/mol. The summed E-state index contributed by atoms with van der Waals surface area (Å²) < 4.78 is 25.5. The summed E-state index contributed by atoms with van der Waals surface area (Å²) in [7, 11) is -0.549. The van der Waals surface area contributed by atoms with Crippen LogP contribution in [0.2, 0.25) is 0 Å². The van der Waals surface area contributed by atoms with Gasteiger partial charge in [0.1, 0.15) is 0 Å². The van der Waals surface area contributed by atoms with Crippen LogP contribution in [0.1, 0.15) is 61.1 Å². The van der Waals surface area contributed by atoms with Crippen LogP contribution in [0.3, 0.4) is 0 Å². The second-order valence-corrected chi connectivity index (χ2v) is 9.98. The Balaban J connectivity index is 2.20. The van der Waals surface area contributed by atoms with E-state index in [9.17, 15) is 13.2 Å². The van der Waals surface area contributed by atoms with Gasteiger partial charge in [0.15, 0.2) is 0 Å². The Morgan fingerprint density at radius 1 is 0.857 bits per heavy atom. The normalized spacial score (nSPS) is 13.2. The van der Waals surface area contributed by atoms with Gasteiger partial charge in [-0.2, -0.15) is 0 Å². The molecule has 0 saturated carbocycles. The predicted octanol–water partition coefficient (Wildman–Crippen LogP) is 4.19. The molecule has 1 amide bonds. The van der Waals surface area contributed by atoms with Crippen LogP contribution in [0.5, 0.6) is 0 Å². The lowest BCUT2D eigenvalue weighted by Gasteiger charge is -2.23. The van der Waals surface area contributed by atoms with Gasteiger partial charge in [0.25, 0.3) is 5.91 Å². The maximum atomic E-state index is 12.7. The van der Waals surface area contributed by atoms with E-state index in [-0.39, 0.29) is 22.8 Å². The number of carbonyl (C=O) groups excluding carboxylic acids is 1. The van der Waals surface area contributed by atoms with E-state index in [0.717, 1.165) is 9.87 Å². The van der Waals surface area contributed by atoms with Crippen LogP contribution >= 0.6 is 0 Å². The van der Waals surface area contributed by atoms with Crippen molar-refractivity contribution in [3.8, 4) is 0 Å². The van der Waals surface area contributed by atoms with Crippen LogP contribution in [-0.2, 0) is 10.0 Å². The standard InChI is InChI=1S/C22H30N2O3S/c1-15(2)17-7-9-18(10-8-17)21(16(3)4)23-22(25)19-11-13-20(14-12-19)28(26,27)24(5)6/h7-16,21H,1-6H3,(H,23,25)/t21-/m1/s1. The molecule has 5 nitrogen and oxygen atoms in total. The fourth-order valence-electron chi connectivity index (χ4n) is 2.94. The number of nitrogens with one attached hydrogen (secondary N) is 1. The Kier molecular flexibility index (Phi) is 7.01. The molecule has 0 aliphatic heterocycles. The fourth-order valence-corrected chi connectivity index (χ4v) is 3.84. The van der Waals surface area contributed by atoms with E-state index in [1.165, 1.54) is 31.8 Å². The number of hydrogen-bond donors (Lipinski definition) is 1. The Morgan fingerprint density at radius 3 is 1.79 bits per heavy atom. The number of hydrogen-bond acceptors (Lipinski definition) is 3. The molecular weight excluding hydrogens is 372 g/mol. The third-order valence-corrected chi connectivity index (χ3v) is 6.64. The summed E-state index contributed by atoms with van der Waals surface area (Å²) in [5.74, 6) is 0.445. The van der Waals surface area contributed by atoms with E-state index in [2.05, 4.69) is 57.3 Å². The maximum absolute atomic E-state index is 12.7. The summed E-state index contributed by atoms with van der Waals surface area (Å²) in [6, 6.07) is 14.2. The van der Waals surface area contributed by atoms with Crippen LogP contribution < -0.4 is 5.32 Å². The summed E-state index contributed by atoms with van der Waals surface area (Å²) in [6.45, 7) is 8.43. The summed E-state index contributed by atoms with van der Waals surface area (Å²) in [4.78, 5) is 12.9. The highest BCUT2D eigenvalue weighted by atomic mass is 32.2. The quantitative estimate of drug-likeness (QED) is 0.755.